The van der Waals surface area contributed by atoms with E-state index in [1.165, 1.54) is 12.1 Å². The minimum Gasteiger partial charge on any atom is -0.503 e. The third-order valence-corrected chi connectivity index (χ3v) is 3.88. The van der Waals surface area contributed by atoms with Crippen LogP contribution in [0.4, 0.5) is 14.5 Å². The number of nitrogens with zero attached hydrogens (tertiary/aromatic N) is 1. The van der Waals surface area contributed by atoms with Crippen LogP contribution in [0.1, 0.15) is 15.9 Å². The molecule has 0 spiro atoms. The molecule has 1 aliphatic rings. The lowest BCUT2D eigenvalue weighted by Gasteiger charge is -2.15. The van der Waals surface area contributed by atoms with E-state index in [1.54, 1.807) is 12.1 Å². The van der Waals surface area contributed by atoms with E-state index in [-0.39, 0.29) is 23.5 Å². The zero-order chi connectivity index (χ0) is 19.7. The van der Waals surface area contributed by atoms with Gasteiger partial charge in [0, 0.05) is 29.5 Å². The molecule has 0 bridgehead atoms. The van der Waals surface area contributed by atoms with Gasteiger partial charge in [0.15, 0.2) is 17.4 Å². The highest BCUT2D eigenvalue weighted by atomic mass is 19.1. The molecule has 2 aromatic rings. The quantitative estimate of drug-likeness (QED) is 0.545. The minimum absolute atomic E-state index is 0.0588. The van der Waals surface area contributed by atoms with E-state index in [9.17, 15) is 23.2 Å². The molecule has 0 atom stereocenters. The van der Waals surface area contributed by atoms with Crippen molar-refractivity contribution in [1.29, 1.82) is 0 Å². The molecule has 138 valence electrons. The van der Waals surface area contributed by atoms with E-state index in [0.717, 1.165) is 23.1 Å². The van der Waals surface area contributed by atoms with E-state index in [1.807, 2.05) is 0 Å². The molecular weight excluding hydrogens is 360 g/mol. The predicted octanol–water partition coefficient (Wildman–Crippen LogP) is 1.63. The Morgan fingerprint density at radius 2 is 1.70 bits per heavy atom. The summed E-state index contributed by atoms with van der Waals surface area (Å²) in [7, 11) is 0. The molecule has 0 unspecified atom stereocenters. The molecule has 27 heavy (non-hydrogen) atoms. The standard InChI is InChI=1S/C18H13F2N3O4/c19-12-5-11(6-13(20)16(12)25)22-14-7-15(24)23(18(14)27)8-9-1-3-10(4-2-9)17(21)26/h1-7,22,25H,8H2,(H2,21,26). The van der Waals surface area contributed by atoms with Gasteiger partial charge >= 0.3 is 0 Å². The SMILES string of the molecule is NC(=O)c1ccc(CN2C(=O)C=C(Nc3cc(F)c(O)c(F)c3)C2=O)cc1. The Morgan fingerprint density at radius 1 is 1.11 bits per heavy atom. The van der Waals surface area contributed by atoms with Crippen molar-refractivity contribution in [3.05, 3.63) is 70.9 Å². The molecule has 0 aliphatic carbocycles. The zero-order valence-corrected chi connectivity index (χ0v) is 13.7. The Balaban J connectivity index is 1.74. The van der Waals surface area contributed by atoms with Gasteiger partial charge in [0.2, 0.25) is 5.91 Å². The van der Waals surface area contributed by atoms with Gasteiger partial charge in [0.25, 0.3) is 11.8 Å². The fourth-order valence-corrected chi connectivity index (χ4v) is 2.50. The Kier molecular flexibility index (Phi) is 4.59. The van der Waals surface area contributed by atoms with Gasteiger partial charge < -0.3 is 16.2 Å². The van der Waals surface area contributed by atoms with Crippen molar-refractivity contribution in [3.8, 4) is 5.75 Å². The summed E-state index contributed by atoms with van der Waals surface area (Å²) in [5.41, 5.74) is 5.71. The number of primary amides is 1. The van der Waals surface area contributed by atoms with Gasteiger partial charge in [-0.15, -0.1) is 0 Å². The summed E-state index contributed by atoms with van der Waals surface area (Å²) >= 11 is 0. The Bertz CT molecular complexity index is 964. The number of amides is 3. The highest BCUT2D eigenvalue weighted by molar-refractivity contribution is 6.17. The Morgan fingerprint density at radius 3 is 2.26 bits per heavy atom. The summed E-state index contributed by atoms with van der Waals surface area (Å²) in [6.45, 7) is -0.0588. The van der Waals surface area contributed by atoms with E-state index in [0.29, 0.717) is 5.56 Å². The number of phenols is 1. The number of halogens is 2. The third-order valence-electron chi connectivity index (χ3n) is 3.88. The largest absolute Gasteiger partial charge is 0.503 e. The van der Waals surface area contributed by atoms with Gasteiger partial charge in [0.1, 0.15) is 5.70 Å². The Labute approximate surface area is 151 Å². The molecule has 7 nitrogen and oxygen atoms in total. The number of carbonyl (C=O) groups is 3. The van der Waals surface area contributed by atoms with Crippen molar-refractivity contribution < 1.29 is 28.3 Å². The molecule has 0 saturated heterocycles. The van der Waals surface area contributed by atoms with Crippen LogP contribution in [0.3, 0.4) is 0 Å². The van der Waals surface area contributed by atoms with Crippen LogP contribution < -0.4 is 11.1 Å². The van der Waals surface area contributed by atoms with Crippen molar-refractivity contribution in [2.24, 2.45) is 5.73 Å². The number of nitrogens with one attached hydrogen (secondary N) is 1. The first-order valence-electron chi connectivity index (χ1n) is 7.67. The van der Waals surface area contributed by atoms with Crippen LogP contribution >= 0.6 is 0 Å². The van der Waals surface area contributed by atoms with Gasteiger partial charge in [-0.2, -0.15) is 0 Å². The van der Waals surface area contributed by atoms with E-state index >= 15 is 0 Å². The summed E-state index contributed by atoms with van der Waals surface area (Å²) in [4.78, 5) is 36.5. The molecular formula is C18H13F2N3O4. The van der Waals surface area contributed by atoms with Crippen molar-refractivity contribution in [3.63, 3.8) is 0 Å². The predicted molar refractivity (Wildman–Crippen MR) is 90.2 cm³/mol. The highest BCUT2D eigenvalue weighted by Gasteiger charge is 2.31. The topological polar surface area (TPSA) is 113 Å². The highest BCUT2D eigenvalue weighted by Crippen LogP contribution is 2.26. The molecule has 0 fully saturated rings. The zero-order valence-electron chi connectivity index (χ0n) is 13.7. The first-order chi connectivity index (χ1) is 12.8. The first kappa shape index (κ1) is 18.1. The molecule has 3 amide bonds. The molecule has 2 aromatic carbocycles. The third kappa shape index (κ3) is 3.61. The lowest BCUT2D eigenvalue weighted by atomic mass is 10.1. The number of nitrogens with two attached hydrogens (primary N) is 1. The molecule has 1 aliphatic heterocycles. The average Bonchev–Trinajstić information content (AvgIpc) is 2.87. The van der Waals surface area contributed by atoms with Crippen molar-refractivity contribution in [2.75, 3.05) is 5.32 Å². The van der Waals surface area contributed by atoms with Crippen LogP contribution in [0.5, 0.6) is 5.75 Å². The van der Waals surface area contributed by atoms with E-state index in [2.05, 4.69) is 5.32 Å². The van der Waals surface area contributed by atoms with Gasteiger partial charge in [-0.25, -0.2) is 8.78 Å². The lowest BCUT2D eigenvalue weighted by Crippen LogP contribution is -2.31. The van der Waals surface area contributed by atoms with Gasteiger partial charge in [-0.05, 0) is 17.7 Å². The van der Waals surface area contributed by atoms with Crippen LogP contribution in [0.2, 0.25) is 0 Å². The second kappa shape index (κ2) is 6.87. The fraction of sp³-hybridized carbons (Fsp3) is 0.0556. The average molecular weight is 373 g/mol. The minimum atomic E-state index is -1.21. The number of hydrogen-bond acceptors (Lipinski definition) is 5. The molecule has 3 rings (SSSR count). The first-order valence-corrected chi connectivity index (χ1v) is 7.67. The van der Waals surface area contributed by atoms with Crippen LogP contribution in [0.15, 0.2) is 48.2 Å². The van der Waals surface area contributed by atoms with Crippen LogP contribution in [0.25, 0.3) is 0 Å². The second-order valence-electron chi connectivity index (χ2n) is 5.76. The van der Waals surface area contributed by atoms with Crippen molar-refractivity contribution in [2.45, 2.75) is 6.54 Å². The van der Waals surface area contributed by atoms with Gasteiger partial charge in [-0.3, -0.25) is 19.3 Å². The lowest BCUT2D eigenvalue weighted by molar-refractivity contribution is -0.137. The maximum absolute atomic E-state index is 13.4. The van der Waals surface area contributed by atoms with Crippen LogP contribution in [0, 0.1) is 11.6 Å². The Hall–Kier alpha value is -3.75. The van der Waals surface area contributed by atoms with E-state index < -0.39 is 35.1 Å². The number of aromatic hydroxyl groups is 1. The number of anilines is 1. The number of benzene rings is 2. The molecule has 0 radical (unpaired) electrons. The normalized spacial score (nSPS) is 13.7. The molecule has 1 heterocycles. The fourth-order valence-electron chi connectivity index (χ4n) is 2.50. The molecule has 9 heteroatoms. The van der Waals surface area contributed by atoms with Crippen molar-refractivity contribution >= 4 is 23.4 Å². The number of hydrogen-bond donors (Lipinski definition) is 3. The van der Waals surface area contributed by atoms with Crippen molar-refractivity contribution in [1.82, 2.24) is 4.90 Å². The van der Waals surface area contributed by atoms with Crippen LogP contribution in [-0.4, -0.2) is 27.7 Å². The van der Waals surface area contributed by atoms with Gasteiger partial charge in [-0.1, -0.05) is 12.1 Å². The van der Waals surface area contributed by atoms with Crippen LogP contribution in [-0.2, 0) is 16.1 Å². The maximum atomic E-state index is 13.4. The van der Waals surface area contributed by atoms with E-state index in [4.69, 9.17) is 10.8 Å². The summed E-state index contributed by atoms with van der Waals surface area (Å²) in [5, 5.41) is 11.6. The smallest absolute Gasteiger partial charge is 0.277 e. The van der Waals surface area contributed by atoms with Gasteiger partial charge in [0.05, 0.1) is 6.54 Å². The number of carbonyl (C=O) groups excluding carboxylic acids is 3. The molecule has 4 N–H and O–H groups in total. The second-order valence-corrected chi connectivity index (χ2v) is 5.76. The number of rotatable bonds is 5. The maximum Gasteiger partial charge on any atom is 0.277 e. The summed E-state index contributed by atoms with van der Waals surface area (Å²) < 4.78 is 26.8. The summed E-state index contributed by atoms with van der Waals surface area (Å²) in [5.74, 6) is -5.45. The monoisotopic (exact) mass is 373 g/mol. The number of imide groups is 1. The summed E-state index contributed by atoms with van der Waals surface area (Å²) in [6, 6.07) is 7.63. The number of phenolic OH excluding ortho intramolecular Hbond substituents is 1. The summed E-state index contributed by atoms with van der Waals surface area (Å²) in [6.07, 6.45) is 1.00. The molecule has 0 aromatic heterocycles. The molecule has 0 saturated carbocycles.